The fourth-order valence-corrected chi connectivity index (χ4v) is 4.06. The molecule has 1 atom stereocenters. The lowest BCUT2D eigenvalue weighted by Crippen LogP contribution is -2.50. The van der Waals surface area contributed by atoms with E-state index in [2.05, 4.69) is 18.9 Å². The van der Waals surface area contributed by atoms with Gasteiger partial charge in [-0.2, -0.15) is 16.9 Å². The Morgan fingerprint density at radius 3 is 2.88 bits per heavy atom. The zero-order valence-electron chi connectivity index (χ0n) is 10.9. The van der Waals surface area contributed by atoms with Crippen LogP contribution in [-0.4, -0.2) is 32.0 Å². The molecule has 1 saturated heterocycles. The summed E-state index contributed by atoms with van der Waals surface area (Å²) in [4.78, 5) is 0. The van der Waals surface area contributed by atoms with Gasteiger partial charge in [0.25, 0.3) is 0 Å². The van der Waals surface area contributed by atoms with Gasteiger partial charge in [0.1, 0.15) is 0 Å². The molecule has 0 radical (unpaired) electrons. The summed E-state index contributed by atoms with van der Waals surface area (Å²) < 4.78 is 1.90. The van der Waals surface area contributed by atoms with Crippen LogP contribution in [0.25, 0.3) is 0 Å². The predicted octanol–water partition coefficient (Wildman–Crippen LogP) is 2.25. The normalized spacial score (nSPS) is 28.2. The van der Waals surface area contributed by atoms with Crippen LogP contribution >= 0.6 is 11.8 Å². The molecule has 1 aromatic rings. The zero-order chi connectivity index (χ0) is 12.5. The van der Waals surface area contributed by atoms with Crippen molar-refractivity contribution in [3.8, 4) is 0 Å². The molecule has 0 amide bonds. The van der Waals surface area contributed by atoms with Crippen LogP contribution in [-0.2, 0) is 13.5 Å². The third kappa shape index (κ3) is 2.52. The average molecular weight is 254 g/mol. The molecule has 1 N–H and O–H groups in total. The minimum Gasteiger partial charge on any atom is -0.388 e. The van der Waals surface area contributed by atoms with Crippen molar-refractivity contribution in [2.24, 2.45) is 12.5 Å². The molecule has 2 heterocycles. The summed E-state index contributed by atoms with van der Waals surface area (Å²) >= 11 is 1.87. The van der Waals surface area contributed by atoms with Crippen LogP contribution in [0.3, 0.4) is 0 Å². The smallest absolute Gasteiger partial charge is 0.0792 e. The van der Waals surface area contributed by atoms with Crippen molar-refractivity contribution in [2.75, 3.05) is 11.5 Å². The third-order valence-electron chi connectivity index (χ3n) is 4.19. The number of rotatable bonds is 3. The molecule has 0 aliphatic carbocycles. The maximum atomic E-state index is 10.8. The Labute approximate surface area is 108 Å². The summed E-state index contributed by atoms with van der Waals surface area (Å²) in [7, 11) is 1.96. The number of thioether (sulfide) groups is 1. The highest BCUT2D eigenvalue weighted by atomic mass is 32.2. The van der Waals surface area contributed by atoms with Crippen molar-refractivity contribution >= 4 is 11.8 Å². The summed E-state index contributed by atoms with van der Waals surface area (Å²) in [6.45, 7) is 4.38. The Kier molecular flexibility index (Phi) is 3.55. The second-order valence-electron chi connectivity index (χ2n) is 5.66. The van der Waals surface area contributed by atoms with E-state index >= 15 is 0 Å². The van der Waals surface area contributed by atoms with Gasteiger partial charge in [0.2, 0.25) is 0 Å². The zero-order valence-corrected chi connectivity index (χ0v) is 11.8. The lowest BCUT2D eigenvalue weighted by molar-refractivity contribution is -0.0582. The lowest BCUT2D eigenvalue weighted by atomic mass is 9.71. The van der Waals surface area contributed by atoms with Gasteiger partial charge >= 0.3 is 0 Å². The molecule has 4 heteroatoms. The van der Waals surface area contributed by atoms with Crippen molar-refractivity contribution in [1.82, 2.24) is 9.78 Å². The Morgan fingerprint density at radius 2 is 2.29 bits per heavy atom. The largest absolute Gasteiger partial charge is 0.388 e. The molecule has 0 aromatic carbocycles. The van der Waals surface area contributed by atoms with Gasteiger partial charge < -0.3 is 5.11 Å². The van der Waals surface area contributed by atoms with E-state index in [1.54, 1.807) is 0 Å². The Morgan fingerprint density at radius 1 is 1.53 bits per heavy atom. The molecular weight excluding hydrogens is 232 g/mol. The topological polar surface area (TPSA) is 38.0 Å². The number of hydrogen-bond acceptors (Lipinski definition) is 3. The monoisotopic (exact) mass is 254 g/mol. The average Bonchev–Trinajstić information content (AvgIpc) is 2.66. The first kappa shape index (κ1) is 13.0. The number of aryl methyl sites for hydroxylation is 2. The first-order chi connectivity index (χ1) is 7.95. The van der Waals surface area contributed by atoms with Crippen LogP contribution in [0.1, 0.15) is 32.4 Å². The Bertz CT molecular complexity index is 389. The highest BCUT2D eigenvalue weighted by Crippen LogP contribution is 2.44. The molecule has 1 unspecified atom stereocenters. The molecule has 0 bridgehead atoms. The Balaban J connectivity index is 2.04. The molecule has 1 fully saturated rings. The number of nitrogens with zero attached hydrogens (tertiary/aromatic N) is 2. The van der Waals surface area contributed by atoms with E-state index in [4.69, 9.17) is 0 Å². The van der Waals surface area contributed by atoms with Crippen LogP contribution in [0.5, 0.6) is 0 Å². The summed E-state index contributed by atoms with van der Waals surface area (Å²) in [5, 5.41) is 15.0. The maximum absolute atomic E-state index is 10.8. The maximum Gasteiger partial charge on any atom is 0.0792 e. The first-order valence-corrected chi connectivity index (χ1v) is 7.37. The van der Waals surface area contributed by atoms with Gasteiger partial charge in [-0.1, -0.05) is 13.8 Å². The molecular formula is C13H22N2OS. The van der Waals surface area contributed by atoms with Crippen molar-refractivity contribution in [3.05, 3.63) is 18.0 Å². The van der Waals surface area contributed by atoms with Gasteiger partial charge in [0.05, 0.1) is 5.60 Å². The van der Waals surface area contributed by atoms with E-state index in [0.29, 0.717) is 0 Å². The van der Waals surface area contributed by atoms with Crippen molar-refractivity contribution in [2.45, 2.75) is 38.7 Å². The second-order valence-corrected chi connectivity index (χ2v) is 6.77. The first-order valence-electron chi connectivity index (χ1n) is 6.22. The van der Waals surface area contributed by atoms with Crippen molar-refractivity contribution in [1.29, 1.82) is 0 Å². The van der Waals surface area contributed by atoms with E-state index < -0.39 is 5.60 Å². The molecule has 1 aliphatic heterocycles. The van der Waals surface area contributed by atoms with E-state index in [1.165, 1.54) is 11.4 Å². The van der Waals surface area contributed by atoms with E-state index in [9.17, 15) is 5.11 Å². The van der Waals surface area contributed by atoms with Gasteiger partial charge in [-0.3, -0.25) is 4.68 Å². The van der Waals surface area contributed by atoms with Gasteiger partial charge in [-0.25, -0.2) is 0 Å². The van der Waals surface area contributed by atoms with Crippen molar-refractivity contribution in [3.63, 3.8) is 0 Å². The fourth-order valence-electron chi connectivity index (χ4n) is 2.39. The Hall–Kier alpha value is -0.480. The van der Waals surface area contributed by atoms with E-state index in [1.807, 2.05) is 35.8 Å². The molecule has 0 saturated carbocycles. The predicted molar refractivity (Wildman–Crippen MR) is 72.2 cm³/mol. The molecule has 17 heavy (non-hydrogen) atoms. The summed E-state index contributed by atoms with van der Waals surface area (Å²) in [5.41, 5.74) is 0.682. The van der Waals surface area contributed by atoms with E-state index in [0.717, 1.165) is 25.0 Å². The van der Waals surface area contributed by atoms with Gasteiger partial charge in [-0.15, -0.1) is 0 Å². The third-order valence-corrected chi connectivity index (χ3v) is 5.36. The lowest BCUT2D eigenvalue weighted by Gasteiger charge is -2.46. The minimum atomic E-state index is -0.541. The molecule has 1 aliphatic rings. The van der Waals surface area contributed by atoms with Crippen LogP contribution in [0.4, 0.5) is 0 Å². The molecule has 1 aromatic heterocycles. The van der Waals surface area contributed by atoms with Crippen molar-refractivity contribution < 1.29 is 5.11 Å². The van der Waals surface area contributed by atoms with Gasteiger partial charge in [-0.05, 0) is 36.5 Å². The second kappa shape index (κ2) is 4.65. The minimum absolute atomic E-state index is 0.0246. The quantitative estimate of drug-likeness (QED) is 0.899. The standard InChI is InChI=1S/C13H22N2OS/c1-12(2)7-9-17-10-13(12,16)6-4-11-5-8-14-15(11)3/h5,8,16H,4,6-7,9-10H2,1-3H3. The summed E-state index contributed by atoms with van der Waals surface area (Å²) in [6.07, 6.45) is 4.64. The molecule has 96 valence electrons. The molecule has 2 rings (SSSR count). The van der Waals surface area contributed by atoms with Gasteiger partial charge in [0.15, 0.2) is 0 Å². The number of hydrogen-bond donors (Lipinski definition) is 1. The highest BCUT2D eigenvalue weighted by molar-refractivity contribution is 7.99. The summed E-state index contributed by atoms with van der Waals surface area (Å²) in [5.74, 6) is 2.03. The molecule has 3 nitrogen and oxygen atoms in total. The van der Waals surface area contributed by atoms with Crippen LogP contribution < -0.4 is 0 Å². The fraction of sp³-hybridized carbons (Fsp3) is 0.769. The van der Waals surface area contributed by atoms with Gasteiger partial charge in [0, 0.05) is 24.7 Å². The van der Waals surface area contributed by atoms with Crippen LogP contribution in [0.2, 0.25) is 0 Å². The SMILES string of the molecule is Cn1nccc1CCC1(O)CSCCC1(C)C. The highest BCUT2D eigenvalue weighted by Gasteiger charge is 2.45. The summed E-state index contributed by atoms with van der Waals surface area (Å²) in [6, 6.07) is 2.03. The van der Waals surface area contributed by atoms with Crippen LogP contribution in [0.15, 0.2) is 12.3 Å². The molecule has 0 spiro atoms. The number of aromatic nitrogens is 2. The van der Waals surface area contributed by atoms with Crippen LogP contribution in [0, 0.1) is 5.41 Å². The van der Waals surface area contributed by atoms with E-state index in [-0.39, 0.29) is 5.41 Å². The number of aliphatic hydroxyl groups is 1.